The summed E-state index contributed by atoms with van der Waals surface area (Å²) >= 11 is 0.894. The van der Waals surface area contributed by atoms with E-state index in [-0.39, 0.29) is 21.8 Å². The standard InChI is InChI=1S/C11H12N4O3S2/c1-8(16)15-11-13-7-10(19-11)20(17,18)14-6-9-3-2-4-12-5-9/h2-5,7,14H,6H2,1H3,(H,13,15,16). The van der Waals surface area contributed by atoms with Crippen molar-refractivity contribution < 1.29 is 13.2 Å². The first-order chi connectivity index (χ1) is 9.47. The molecule has 0 radical (unpaired) electrons. The zero-order valence-corrected chi connectivity index (χ0v) is 12.2. The Morgan fingerprint density at radius 2 is 2.20 bits per heavy atom. The van der Waals surface area contributed by atoms with Crippen LogP contribution < -0.4 is 10.0 Å². The maximum atomic E-state index is 12.0. The van der Waals surface area contributed by atoms with Crippen LogP contribution in [0.3, 0.4) is 0 Å². The molecule has 7 nitrogen and oxygen atoms in total. The van der Waals surface area contributed by atoms with E-state index in [9.17, 15) is 13.2 Å². The molecule has 20 heavy (non-hydrogen) atoms. The third-order valence-electron chi connectivity index (χ3n) is 2.22. The molecule has 106 valence electrons. The second kappa shape index (κ2) is 6.07. The number of hydrogen-bond donors (Lipinski definition) is 2. The zero-order chi connectivity index (χ0) is 14.6. The smallest absolute Gasteiger partial charge is 0.252 e. The molecule has 0 aromatic carbocycles. The minimum Gasteiger partial charge on any atom is -0.302 e. The van der Waals surface area contributed by atoms with E-state index in [0.29, 0.717) is 0 Å². The third-order valence-corrected chi connectivity index (χ3v) is 5.00. The van der Waals surface area contributed by atoms with Gasteiger partial charge in [-0.1, -0.05) is 17.4 Å². The van der Waals surface area contributed by atoms with Gasteiger partial charge in [0.2, 0.25) is 5.91 Å². The highest BCUT2D eigenvalue weighted by Crippen LogP contribution is 2.22. The fourth-order valence-corrected chi connectivity index (χ4v) is 3.48. The number of amides is 1. The van der Waals surface area contributed by atoms with Crippen molar-refractivity contribution in [2.45, 2.75) is 17.7 Å². The molecule has 0 spiro atoms. The normalized spacial score (nSPS) is 11.2. The maximum absolute atomic E-state index is 12.0. The lowest BCUT2D eigenvalue weighted by Crippen LogP contribution is -2.22. The Morgan fingerprint density at radius 1 is 1.40 bits per heavy atom. The van der Waals surface area contributed by atoms with Crippen LogP contribution in [0.15, 0.2) is 34.9 Å². The summed E-state index contributed by atoms with van der Waals surface area (Å²) in [6, 6.07) is 3.50. The van der Waals surface area contributed by atoms with Crippen LogP contribution in [0.2, 0.25) is 0 Å². The Hall–Kier alpha value is -1.84. The molecule has 2 N–H and O–H groups in total. The van der Waals surface area contributed by atoms with Gasteiger partial charge >= 0.3 is 0 Å². The molecule has 0 aliphatic heterocycles. The number of rotatable bonds is 5. The summed E-state index contributed by atoms with van der Waals surface area (Å²) in [7, 11) is -3.65. The molecule has 2 aromatic rings. The number of hydrogen-bond acceptors (Lipinski definition) is 6. The number of nitrogens with one attached hydrogen (secondary N) is 2. The average molecular weight is 312 g/mol. The number of thiazole rings is 1. The van der Waals surface area contributed by atoms with Gasteiger partial charge < -0.3 is 5.32 Å². The van der Waals surface area contributed by atoms with Gasteiger partial charge in [-0.3, -0.25) is 9.78 Å². The van der Waals surface area contributed by atoms with Crippen molar-refractivity contribution in [1.82, 2.24) is 14.7 Å². The Morgan fingerprint density at radius 3 is 2.85 bits per heavy atom. The molecule has 0 unspecified atom stereocenters. The van der Waals surface area contributed by atoms with Crippen LogP contribution in [0.4, 0.5) is 5.13 Å². The van der Waals surface area contributed by atoms with Crippen molar-refractivity contribution >= 4 is 32.4 Å². The van der Waals surface area contributed by atoms with Crippen LogP contribution in [-0.2, 0) is 21.4 Å². The van der Waals surface area contributed by atoms with Gasteiger partial charge in [0.05, 0.1) is 6.20 Å². The average Bonchev–Trinajstić information content (AvgIpc) is 2.86. The Bertz CT molecular complexity index is 697. The molecule has 2 aromatic heterocycles. The van der Waals surface area contributed by atoms with Crippen LogP contribution in [0, 0.1) is 0 Å². The molecule has 0 bridgehead atoms. The minimum atomic E-state index is -3.65. The van der Waals surface area contributed by atoms with Gasteiger partial charge in [-0.05, 0) is 11.6 Å². The van der Waals surface area contributed by atoms with E-state index in [4.69, 9.17) is 0 Å². The van der Waals surface area contributed by atoms with Gasteiger partial charge in [0.25, 0.3) is 10.0 Å². The summed E-state index contributed by atoms with van der Waals surface area (Å²) in [4.78, 5) is 18.6. The number of carbonyl (C=O) groups excluding carboxylic acids is 1. The highest BCUT2D eigenvalue weighted by Gasteiger charge is 2.18. The molecule has 0 aliphatic carbocycles. The van der Waals surface area contributed by atoms with E-state index in [0.717, 1.165) is 16.9 Å². The molecule has 0 saturated heterocycles. The summed E-state index contributed by atoms with van der Waals surface area (Å²) in [5, 5.41) is 2.69. The first kappa shape index (κ1) is 14.6. The number of anilines is 1. The van der Waals surface area contributed by atoms with E-state index in [1.54, 1.807) is 24.5 Å². The molecule has 0 fully saturated rings. The second-order valence-electron chi connectivity index (χ2n) is 3.85. The molecular weight excluding hydrogens is 300 g/mol. The molecule has 2 rings (SSSR count). The van der Waals surface area contributed by atoms with Crippen molar-refractivity contribution in [1.29, 1.82) is 0 Å². The molecule has 1 amide bonds. The molecule has 2 heterocycles. The molecule has 0 aliphatic rings. The highest BCUT2D eigenvalue weighted by molar-refractivity contribution is 7.91. The summed E-state index contributed by atoms with van der Waals surface area (Å²) < 4.78 is 26.6. The van der Waals surface area contributed by atoms with Gasteiger partial charge in [0.15, 0.2) is 9.34 Å². The van der Waals surface area contributed by atoms with E-state index in [1.165, 1.54) is 13.1 Å². The summed E-state index contributed by atoms with van der Waals surface area (Å²) in [6.07, 6.45) is 4.40. The number of pyridine rings is 1. The number of carbonyl (C=O) groups is 1. The maximum Gasteiger partial charge on any atom is 0.252 e. The van der Waals surface area contributed by atoms with Crippen molar-refractivity contribution in [3.63, 3.8) is 0 Å². The van der Waals surface area contributed by atoms with Crippen LogP contribution in [0.5, 0.6) is 0 Å². The lowest BCUT2D eigenvalue weighted by molar-refractivity contribution is -0.114. The highest BCUT2D eigenvalue weighted by atomic mass is 32.2. The predicted molar refractivity (Wildman–Crippen MR) is 74.7 cm³/mol. The number of sulfonamides is 1. The van der Waals surface area contributed by atoms with Gasteiger partial charge in [-0.2, -0.15) is 0 Å². The second-order valence-corrected chi connectivity index (χ2v) is 6.88. The first-order valence-corrected chi connectivity index (χ1v) is 7.89. The Kier molecular flexibility index (Phi) is 4.42. The summed E-state index contributed by atoms with van der Waals surface area (Å²) in [5.41, 5.74) is 0.752. The lowest BCUT2D eigenvalue weighted by atomic mass is 10.3. The molecule has 9 heteroatoms. The molecule has 0 saturated carbocycles. The lowest BCUT2D eigenvalue weighted by Gasteiger charge is -2.03. The van der Waals surface area contributed by atoms with Crippen molar-refractivity contribution in [3.05, 3.63) is 36.3 Å². The van der Waals surface area contributed by atoms with Crippen LogP contribution >= 0.6 is 11.3 Å². The molecular formula is C11H12N4O3S2. The SMILES string of the molecule is CC(=O)Nc1ncc(S(=O)(=O)NCc2cccnc2)s1. The van der Waals surface area contributed by atoms with Gasteiger partial charge in [-0.25, -0.2) is 18.1 Å². The zero-order valence-electron chi connectivity index (χ0n) is 10.5. The number of nitrogens with zero attached hydrogens (tertiary/aromatic N) is 2. The largest absolute Gasteiger partial charge is 0.302 e. The summed E-state index contributed by atoms with van der Waals surface area (Å²) in [6.45, 7) is 1.47. The topological polar surface area (TPSA) is 101 Å². The van der Waals surface area contributed by atoms with Crippen molar-refractivity contribution in [3.8, 4) is 0 Å². The van der Waals surface area contributed by atoms with Gasteiger partial charge in [0, 0.05) is 25.9 Å². The quantitative estimate of drug-likeness (QED) is 0.857. The Balaban J connectivity index is 2.06. The Labute approximate surface area is 120 Å². The summed E-state index contributed by atoms with van der Waals surface area (Å²) in [5.74, 6) is -0.299. The van der Waals surface area contributed by atoms with Gasteiger partial charge in [-0.15, -0.1) is 0 Å². The minimum absolute atomic E-state index is 0.0464. The fourth-order valence-electron chi connectivity index (χ4n) is 1.34. The van der Waals surface area contributed by atoms with Crippen molar-refractivity contribution in [2.24, 2.45) is 0 Å². The predicted octanol–water partition coefficient (Wildman–Crippen LogP) is 0.975. The van der Waals surface area contributed by atoms with Crippen LogP contribution in [0.1, 0.15) is 12.5 Å². The van der Waals surface area contributed by atoms with E-state index in [2.05, 4.69) is 20.0 Å². The van der Waals surface area contributed by atoms with Crippen LogP contribution in [0.25, 0.3) is 0 Å². The number of aromatic nitrogens is 2. The van der Waals surface area contributed by atoms with Gasteiger partial charge in [0.1, 0.15) is 0 Å². The van der Waals surface area contributed by atoms with E-state index in [1.807, 2.05) is 0 Å². The van der Waals surface area contributed by atoms with Crippen molar-refractivity contribution in [2.75, 3.05) is 5.32 Å². The van der Waals surface area contributed by atoms with Crippen LogP contribution in [-0.4, -0.2) is 24.3 Å². The molecule has 0 atom stereocenters. The monoisotopic (exact) mass is 312 g/mol. The first-order valence-electron chi connectivity index (χ1n) is 5.59. The third kappa shape index (κ3) is 3.83. The van der Waals surface area contributed by atoms with E-state index >= 15 is 0 Å². The fraction of sp³-hybridized carbons (Fsp3) is 0.182. The van der Waals surface area contributed by atoms with E-state index < -0.39 is 10.0 Å².